The minimum Gasteiger partial charge on any atom is -0.384 e. The molecule has 3 nitrogen and oxygen atoms in total. The summed E-state index contributed by atoms with van der Waals surface area (Å²) in [5.74, 6) is 0.791. The highest BCUT2D eigenvalue weighted by molar-refractivity contribution is 4.67. The lowest BCUT2D eigenvalue weighted by Crippen LogP contribution is -2.43. The molecular weight excluding hydrogens is 224 g/mol. The van der Waals surface area contributed by atoms with Crippen molar-refractivity contribution in [2.75, 3.05) is 46.4 Å². The Kier molecular flexibility index (Phi) is 9.54. The van der Waals surface area contributed by atoms with Crippen LogP contribution in [0.3, 0.4) is 0 Å². The standard InChI is InChI=1S/C15H32N2O/c1-3-7-15(14-18-2)8-5-4-6-11-17-12-9-16-10-13-17/h15-16H,3-14H2,1-2H3/t15-/m0/s1. The van der Waals surface area contributed by atoms with Gasteiger partial charge in [-0.2, -0.15) is 0 Å². The van der Waals surface area contributed by atoms with Gasteiger partial charge in [-0.25, -0.2) is 0 Å². The smallest absolute Gasteiger partial charge is 0.0490 e. The Labute approximate surface area is 113 Å². The number of methoxy groups -OCH3 is 1. The average molecular weight is 256 g/mol. The van der Waals surface area contributed by atoms with Crippen molar-refractivity contribution in [1.82, 2.24) is 10.2 Å². The van der Waals surface area contributed by atoms with Gasteiger partial charge in [-0.05, 0) is 31.7 Å². The molecule has 1 saturated heterocycles. The van der Waals surface area contributed by atoms with Gasteiger partial charge in [0.05, 0.1) is 0 Å². The number of nitrogens with one attached hydrogen (secondary N) is 1. The van der Waals surface area contributed by atoms with E-state index >= 15 is 0 Å². The molecular formula is C15H32N2O. The second kappa shape index (κ2) is 10.8. The van der Waals surface area contributed by atoms with E-state index in [0.717, 1.165) is 12.5 Å². The molecule has 0 aromatic carbocycles. The predicted octanol–water partition coefficient (Wildman–Crippen LogP) is 2.51. The number of ether oxygens (including phenoxy) is 1. The minimum atomic E-state index is 0.791. The molecule has 1 fully saturated rings. The maximum absolute atomic E-state index is 5.29. The molecule has 0 amide bonds. The van der Waals surface area contributed by atoms with Crippen LogP contribution >= 0.6 is 0 Å². The molecule has 0 aliphatic carbocycles. The Morgan fingerprint density at radius 3 is 2.56 bits per heavy atom. The van der Waals surface area contributed by atoms with Crippen LogP contribution in [-0.2, 0) is 4.74 Å². The van der Waals surface area contributed by atoms with Crippen LogP contribution in [0, 0.1) is 5.92 Å². The van der Waals surface area contributed by atoms with E-state index in [1.165, 1.54) is 71.2 Å². The Balaban J connectivity index is 1.95. The fraction of sp³-hybridized carbons (Fsp3) is 1.00. The van der Waals surface area contributed by atoms with Gasteiger partial charge in [-0.3, -0.25) is 0 Å². The molecule has 1 rings (SSSR count). The van der Waals surface area contributed by atoms with Crippen LogP contribution in [0.15, 0.2) is 0 Å². The van der Waals surface area contributed by atoms with Gasteiger partial charge >= 0.3 is 0 Å². The Morgan fingerprint density at radius 1 is 1.11 bits per heavy atom. The van der Waals surface area contributed by atoms with Gasteiger partial charge in [0.15, 0.2) is 0 Å². The number of hydrogen-bond acceptors (Lipinski definition) is 3. The van der Waals surface area contributed by atoms with Crippen LogP contribution < -0.4 is 5.32 Å². The van der Waals surface area contributed by atoms with Gasteiger partial charge in [-0.1, -0.05) is 26.2 Å². The Morgan fingerprint density at radius 2 is 1.89 bits per heavy atom. The molecule has 1 aliphatic heterocycles. The summed E-state index contributed by atoms with van der Waals surface area (Å²) < 4.78 is 5.29. The zero-order valence-corrected chi connectivity index (χ0v) is 12.4. The van der Waals surface area contributed by atoms with Crippen molar-refractivity contribution < 1.29 is 4.74 Å². The van der Waals surface area contributed by atoms with Crippen LogP contribution in [0.1, 0.15) is 45.4 Å². The summed E-state index contributed by atoms with van der Waals surface area (Å²) in [5.41, 5.74) is 0. The highest BCUT2D eigenvalue weighted by Crippen LogP contribution is 2.16. The number of rotatable bonds is 10. The van der Waals surface area contributed by atoms with Crippen molar-refractivity contribution in [2.24, 2.45) is 5.92 Å². The number of piperazine rings is 1. The van der Waals surface area contributed by atoms with E-state index in [1.54, 1.807) is 0 Å². The maximum atomic E-state index is 5.29. The third-order valence-electron chi connectivity index (χ3n) is 3.90. The topological polar surface area (TPSA) is 24.5 Å². The summed E-state index contributed by atoms with van der Waals surface area (Å²) in [6.07, 6.45) is 8.09. The van der Waals surface area contributed by atoms with Gasteiger partial charge in [0.2, 0.25) is 0 Å². The highest BCUT2D eigenvalue weighted by atomic mass is 16.5. The number of nitrogens with zero attached hydrogens (tertiary/aromatic N) is 1. The molecule has 108 valence electrons. The van der Waals surface area contributed by atoms with Crippen LogP contribution in [0.25, 0.3) is 0 Å². The van der Waals surface area contributed by atoms with Crippen LogP contribution in [0.5, 0.6) is 0 Å². The van der Waals surface area contributed by atoms with Crippen molar-refractivity contribution in [2.45, 2.75) is 45.4 Å². The third-order valence-corrected chi connectivity index (χ3v) is 3.90. The van der Waals surface area contributed by atoms with E-state index in [2.05, 4.69) is 17.1 Å². The summed E-state index contributed by atoms with van der Waals surface area (Å²) >= 11 is 0. The SMILES string of the molecule is CCC[C@@H](CCCCCN1CCNCC1)COC. The molecule has 0 unspecified atom stereocenters. The summed E-state index contributed by atoms with van der Waals surface area (Å²) in [5, 5.41) is 3.40. The van der Waals surface area contributed by atoms with E-state index in [1.807, 2.05) is 7.11 Å². The molecule has 0 radical (unpaired) electrons. The average Bonchev–Trinajstić information content (AvgIpc) is 2.40. The Hall–Kier alpha value is -0.120. The first-order chi connectivity index (χ1) is 8.86. The molecule has 1 aliphatic rings. The van der Waals surface area contributed by atoms with Gasteiger partial charge in [0.1, 0.15) is 0 Å². The molecule has 0 bridgehead atoms. The van der Waals surface area contributed by atoms with Gasteiger partial charge < -0.3 is 15.0 Å². The van der Waals surface area contributed by atoms with Crippen molar-refractivity contribution >= 4 is 0 Å². The summed E-state index contributed by atoms with van der Waals surface area (Å²) in [6.45, 7) is 9.34. The fourth-order valence-corrected chi connectivity index (χ4v) is 2.83. The van der Waals surface area contributed by atoms with Crippen molar-refractivity contribution in [3.63, 3.8) is 0 Å². The molecule has 0 spiro atoms. The highest BCUT2D eigenvalue weighted by Gasteiger charge is 2.09. The first-order valence-corrected chi connectivity index (χ1v) is 7.78. The monoisotopic (exact) mass is 256 g/mol. The second-order valence-electron chi connectivity index (χ2n) is 5.55. The Bertz CT molecular complexity index is 175. The van der Waals surface area contributed by atoms with Gasteiger partial charge in [0, 0.05) is 39.9 Å². The lowest BCUT2D eigenvalue weighted by Gasteiger charge is -2.27. The third kappa shape index (κ3) is 7.34. The molecule has 1 atom stereocenters. The van der Waals surface area contributed by atoms with E-state index in [4.69, 9.17) is 4.74 Å². The number of hydrogen-bond donors (Lipinski definition) is 1. The van der Waals surface area contributed by atoms with E-state index in [0.29, 0.717) is 0 Å². The fourth-order valence-electron chi connectivity index (χ4n) is 2.83. The van der Waals surface area contributed by atoms with Crippen LogP contribution in [0.2, 0.25) is 0 Å². The van der Waals surface area contributed by atoms with Crippen LogP contribution in [-0.4, -0.2) is 51.3 Å². The van der Waals surface area contributed by atoms with Gasteiger partial charge in [-0.15, -0.1) is 0 Å². The minimum absolute atomic E-state index is 0.791. The molecule has 3 heteroatoms. The second-order valence-corrected chi connectivity index (χ2v) is 5.55. The lowest BCUT2D eigenvalue weighted by atomic mass is 9.97. The predicted molar refractivity (Wildman–Crippen MR) is 78.1 cm³/mol. The largest absolute Gasteiger partial charge is 0.384 e. The zero-order chi connectivity index (χ0) is 13.1. The van der Waals surface area contributed by atoms with E-state index < -0.39 is 0 Å². The molecule has 18 heavy (non-hydrogen) atoms. The number of unbranched alkanes of at least 4 members (excludes halogenated alkanes) is 2. The summed E-state index contributed by atoms with van der Waals surface area (Å²) in [7, 11) is 1.83. The molecule has 0 saturated carbocycles. The first-order valence-electron chi connectivity index (χ1n) is 7.78. The quantitative estimate of drug-likeness (QED) is 0.608. The normalized spacial score (nSPS) is 19.0. The van der Waals surface area contributed by atoms with Crippen molar-refractivity contribution in [3.8, 4) is 0 Å². The van der Waals surface area contributed by atoms with Crippen molar-refractivity contribution in [1.29, 1.82) is 0 Å². The van der Waals surface area contributed by atoms with E-state index in [9.17, 15) is 0 Å². The summed E-state index contributed by atoms with van der Waals surface area (Å²) in [4.78, 5) is 2.59. The van der Waals surface area contributed by atoms with Gasteiger partial charge in [0.25, 0.3) is 0 Å². The molecule has 0 aromatic rings. The molecule has 0 aromatic heterocycles. The first kappa shape index (κ1) is 15.9. The maximum Gasteiger partial charge on any atom is 0.0490 e. The van der Waals surface area contributed by atoms with Crippen LogP contribution in [0.4, 0.5) is 0 Å². The van der Waals surface area contributed by atoms with E-state index in [-0.39, 0.29) is 0 Å². The lowest BCUT2D eigenvalue weighted by molar-refractivity contribution is 0.140. The zero-order valence-electron chi connectivity index (χ0n) is 12.4. The molecule has 1 N–H and O–H groups in total. The van der Waals surface area contributed by atoms with Crippen molar-refractivity contribution in [3.05, 3.63) is 0 Å². The summed E-state index contributed by atoms with van der Waals surface area (Å²) in [6, 6.07) is 0. The molecule has 1 heterocycles.